The maximum Gasteiger partial charge on any atom is 0.446 e. The van der Waals surface area contributed by atoms with Gasteiger partial charge in [0.15, 0.2) is 0 Å². The highest BCUT2D eigenvalue weighted by atomic mass is 35.5. The van der Waals surface area contributed by atoms with Gasteiger partial charge in [-0.2, -0.15) is 13.2 Å². The number of carbonyl (C=O) groups is 1. The predicted molar refractivity (Wildman–Crippen MR) is 93.8 cm³/mol. The van der Waals surface area contributed by atoms with Crippen LogP contribution in [0.3, 0.4) is 0 Å². The SMILES string of the molecule is CCc1cc(Cl)c(Cl)c(C(=O)Nc2ccc(SC(F)(F)F)cc2)c1O. The molecule has 25 heavy (non-hydrogen) atoms. The summed E-state index contributed by atoms with van der Waals surface area (Å²) in [5, 5.41) is 12.7. The van der Waals surface area contributed by atoms with E-state index in [1.165, 1.54) is 30.3 Å². The van der Waals surface area contributed by atoms with Crippen LogP contribution in [0.25, 0.3) is 0 Å². The number of hydrogen-bond donors (Lipinski definition) is 2. The van der Waals surface area contributed by atoms with Crippen LogP contribution in [0.5, 0.6) is 5.75 Å². The van der Waals surface area contributed by atoms with Crippen LogP contribution < -0.4 is 5.32 Å². The molecule has 0 aliphatic rings. The van der Waals surface area contributed by atoms with Crippen LogP contribution in [-0.2, 0) is 6.42 Å². The largest absolute Gasteiger partial charge is 0.507 e. The third-order valence-corrected chi connectivity index (χ3v) is 4.75. The molecule has 0 aliphatic carbocycles. The van der Waals surface area contributed by atoms with E-state index in [4.69, 9.17) is 23.2 Å². The van der Waals surface area contributed by atoms with E-state index >= 15 is 0 Å². The first kappa shape index (κ1) is 19.8. The summed E-state index contributed by atoms with van der Waals surface area (Å²) in [6.07, 6.45) is 0.437. The number of phenolic OH excluding ortho intramolecular Hbond substituents is 1. The summed E-state index contributed by atoms with van der Waals surface area (Å²) in [6.45, 7) is 1.78. The van der Waals surface area contributed by atoms with Crippen LogP contribution >= 0.6 is 35.0 Å². The molecule has 0 bridgehead atoms. The zero-order valence-corrected chi connectivity index (χ0v) is 15.1. The van der Waals surface area contributed by atoms with Crippen molar-refractivity contribution in [2.75, 3.05) is 5.32 Å². The van der Waals surface area contributed by atoms with Gasteiger partial charge in [-0.3, -0.25) is 4.79 Å². The number of halogens is 5. The second-order valence-electron chi connectivity index (χ2n) is 4.93. The Labute approximate surface area is 156 Å². The fraction of sp³-hybridized carbons (Fsp3) is 0.188. The van der Waals surface area contributed by atoms with Gasteiger partial charge in [0.05, 0.1) is 10.0 Å². The average Bonchev–Trinajstić information content (AvgIpc) is 2.51. The zero-order valence-electron chi connectivity index (χ0n) is 12.7. The van der Waals surface area contributed by atoms with Gasteiger partial charge in [-0.05, 0) is 54.1 Å². The lowest BCUT2D eigenvalue weighted by molar-refractivity contribution is -0.0328. The number of amides is 1. The van der Waals surface area contributed by atoms with Crippen molar-refractivity contribution in [1.29, 1.82) is 0 Å². The summed E-state index contributed by atoms with van der Waals surface area (Å²) >= 11 is 11.7. The molecule has 9 heteroatoms. The Morgan fingerprint density at radius 2 is 1.84 bits per heavy atom. The first-order valence-electron chi connectivity index (χ1n) is 6.99. The fourth-order valence-electron chi connectivity index (χ4n) is 2.08. The standard InChI is InChI=1S/C16H12Cl2F3NO2S/c1-2-8-7-11(17)13(18)12(14(8)23)15(24)22-9-3-5-10(6-4-9)25-16(19,20)21/h3-7,23H,2H2,1H3,(H,22,24). The van der Waals surface area contributed by atoms with E-state index in [0.717, 1.165) is 0 Å². The van der Waals surface area contributed by atoms with Crippen molar-refractivity contribution in [3.8, 4) is 5.75 Å². The molecule has 0 saturated carbocycles. The molecule has 3 nitrogen and oxygen atoms in total. The molecule has 0 radical (unpaired) electrons. The quantitative estimate of drug-likeness (QED) is 0.597. The molecule has 0 spiro atoms. The number of benzene rings is 2. The van der Waals surface area contributed by atoms with E-state index in [-0.39, 0.29) is 43.7 Å². The minimum absolute atomic E-state index is 0.0117. The van der Waals surface area contributed by atoms with Gasteiger partial charge in [-0.1, -0.05) is 30.1 Å². The lowest BCUT2D eigenvalue weighted by Crippen LogP contribution is -2.13. The molecule has 1 amide bonds. The Bertz CT molecular complexity index is 795. The van der Waals surface area contributed by atoms with Crippen LogP contribution in [0, 0.1) is 0 Å². The number of phenols is 1. The molecular weight excluding hydrogens is 398 g/mol. The molecular formula is C16H12Cl2F3NO2S. The normalized spacial score (nSPS) is 11.4. The Morgan fingerprint density at radius 1 is 1.24 bits per heavy atom. The Morgan fingerprint density at radius 3 is 2.36 bits per heavy atom. The molecule has 2 rings (SSSR count). The van der Waals surface area contributed by atoms with Crippen LogP contribution in [0.1, 0.15) is 22.8 Å². The number of carbonyl (C=O) groups excluding carboxylic acids is 1. The zero-order chi connectivity index (χ0) is 18.8. The molecule has 0 fully saturated rings. The van der Waals surface area contributed by atoms with Gasteiger partial charge in [0.25, 0.3) is 5.91 Å². The van der Waals surface area contributed by atoms with Gasteiger partial charge in [0.2, 0.25) is 0 Å². The summed E-state index contributed by atoms with van der Waals surface area (Å²) in [7, 11) is 0. The van der Waals surface area contributed by atoms with Gasteiger partial charge in [0.1, 0.15) is 11.3 Å². The second kappa shape index (κ2) is 7.76. The highest BCUT2D eigenvalue weighted by molar-refractivity contribution is 8.00. The monoisotopic (exact) mass is 409 g/mol. The highest BCUT2D eigenvalue weighted by Crippen LogP contribution is 2.38. The Kier molecular flexibility index (Phi) is 6.13. The molecule has 0 saturated heterocycles. The number of anilines is 1. The molecule has 0 aromatic heterocycles. The lowest BCUT2D eigenvalue weighted by atomic mass is 10.1. The van der Waals surface area contributed by atoms with Gasteiger partial charge < -0.3 is 10.4 Å². The van der Waals surface area contributed by atoms with Crippen molar-refractivity contribution < 1.29 is 23.1 Å². The molecule has 134 valence electrons. The van der Waals surface area contributed by atoms with Crippen molar-refractivity contribution in [2.24, 2.45) is 0 Å². The predicted octanol–water partition coefficient (Wildman–Crippen LogP) is 6.13. The van der Waals surface area contributed by atoms with Gasteiger partial charge in [0, 0.05) is 10.6 Å². The summed E-state index contributed by atoms with van der Waals surface area (Å²) < 4.78 is 36.9. The second-order valence-corrected chi connectivity index (χ2v) is 6.86. The first-order chi connectivity index (χ1) is 11.6. The first-order valence-corrected chi connectivity index (χ1v) is 8.56. The third-order valence-electron chi connectivity index (χ3n) is 3.22. The maximum atomic E-state index is 12.4. The fourth-order valence-corrected chi connectivity index (χ4v) is 3.07. The number of alkyl halides is 3. The van der Waals surface area contributed by atoms with Crippen LogP contribution in [0.4, 0.5) is 18.9 Å². The van der Waals surface area contributed by atoms with Crippen molar-refractivity contribution in [2.45, 2.75) is 23.7 Å². The molecule has 0 heterocycles. The summed E-state index contributed by atoms with van der Waals surface area (Å²) in [5.41, 5.74) is -3.86. The molecule has 2 aromatic carbocycles. The maximum absolute atomic E-state index is 12.4. The molecule has 0 unspecified atom stereocenters. The van der Waals surface area contributed by atoms with E-state index in [1.54, 1.807) is 6.92 Å². The van der Waals surface area contributed by atoms with Crippen LogP contribution in [-0.4, -0.2) is 16.5 Å². The summed E-state index contributed by atoms with van der Waals surface area (Å²) in [4.78, 5) is 12.4. The minimum Gasteiger partial charge on any atom is -0.507 e. The van der Waals surface area contributed by atoms with Crippen LogP contribution in [0.15, 0.2) is 35.2 Å². The average molecular weight is 410 g/mol. The number of rotatable bonds is 4. The highest BCUT2D eigenvalue weighted by Gasteiger charge is 2.29. The molecule has 0 aliphatic heterocycles. The minimum atomic E-state index is -4.39. The smallest absolute Gasteiger partial charge is 0.446 e. The topological polar surface area (TPSA) is 49.3 Å². The van der Waals surface area contributed by atoms with E-state index < -0.39 is 11.4 Å². The molecule has 0 atom stereocenters. The van der Waals surface area contributed by atoms with Gasteiger partial charge in [-0.15, -0.1) is 0 Å². The van der Waals surface area contributed by atoms with Gasteiger partial charge in [-0.25, -0.2) is 0 Å². The van der Waals surface area contributed by atoms with E-state index in [9.17, 15) is 23.1 Å². The molecule has 2 N–H and O–H groups in total. The van der Waals surface area contributed by atoms with E-state index in [0.29, 0.717) is 12.0 Å². The van der Waals surface area contributed by atoms with Crippen molar-refractivity contribution in [1.82, 2.24) is 0 Å². The Hall–Kier alpha value is -1.57. The van der Waals surface area contributed by atoms with Gasteiger partial charge >= 0.3 is 5.51 Å². The summed E-state index contributed by atoms with van der Waals surface area (Å²) in [5.74, 6) is -0.991. The van der Waals surface area contributed by atoms with Crippen molar-refractivity contribution in [3.63, 3.8) is 0 Å². The Balaban J connectivity index is 2.24. The lowest BCUT2D eigenvalue weighted by Gasteiger charge is -2.13. The number of thioether (sulfide) groups is 1. The van der Waals surface area contributed by atoms with Crippen molar-refractivity contribution in [3.05, 3.63) is 51.5 Å². The number of hydrogen-bond acceptors (Lipinski definition) is 3. The van der Waals surface area contributed by atoms with Crippen LogP contribution in [0.2, 0.25) is 10.0 Å². The third kappa shape index (κ3) is 4.96. The molecule has 2 aromatic rings. The number of aryl methyl sites for hydroxylation is 1. The van der Waals surface area contributed by atoms with E-state index in [2.05, 4.69) is 5.32 Å². The number of aromatic hydroxyl groups is 1. The van der Waals surface area contributed by atoms with Crippen molar-refractivity contribution >= 4 is 46.6 Å². The number of nitrogens with one attached hydrogen (secondary N) is 1. The van der Waals surface area contributed by atoms with E-state index in [1.807, 2.05) is 0 Å². The summed E-state index contributed by atoms with van der Waals surface area (Å²) in [6, 6.07) is 6.57.